The van der Waals surface area contributed by atoms with Gasteiger partial charge >= 0.3 is 0 Å². The first-order valence-electron chi connectivity index (χ1n) is 8.29. The van der Waals surface area contributed by atoms with Crippen LogP contribution >= 0.6 is 11.8 Å². The molecule has 0 bridgehead atoms. The lowest BCUT2D eigenvalue weighted by Crippen LogP contribution is -2.25. The van der Waals surface area contributed by atoms with Gasteiger partial charge in [0.15, 0.2) is 0 Å². The summed E-state index contributed by atoms with van der Waals surface area (Å²) in [7, 11) is -3.72. The molecule has 138 valence electrons. The molecule has 0 aliphatic carbocycles. The van der Waals surface area contributed by atoms with Crippen LogP contribution in [0.25, 0.3) is 10.9 Å². The lowest BCUT2D eigenvalue weighted by molar-refractivity contribution is -0.118. The lowest BCUT2D eigenvalue weighted by atomic mass is 10.0. The van der Waals surface area contributed by atoms with Gasteiger partial charge in [0.1, 0.15) is 0 Å². The van der Waals surface area contributed by atoms with E-state index in [0.29, 0.717) is 11.9 Å². The SMILES string of the molecule is Cc1ccc(S(=O)(=O)n2ccc3c(CC4SC(=O)NC4=O)cccc32)cc1. The zero-order valence-electron chi connectivity index (χ0n) is 14.4. The molecule has 0 spiro atoms. The summed E-state index contributed by atoms with van der Waals surface area (Å²) < 4.78 is 27.3. The van der Waals surface area contributed by atoms with E-state index in [2.05, 4.69) is 5.32 Å². The quantitative estimate of drug-likeness (QED) is 0.727. The molecule has 1 atom stereocenters. The van der Waals surface area contributed by atoms with E-state index in [1.807, 2.05) is 13.0 Å². The normalized spacial score (nSPS) is 17.4. The largest absolute Gasteiger partial charge is 0.286 e. The number of fused-ring (bicyclic) bond motifs is 1. The summed E-state index contributed by atoms with van der Waals surface area (Å²) in [6.07, 6.45) is 1.88. The molecule has 8 heteroatoms. The van der Waals surface area contributed by atoms with Crippen LogP contribution in [-0.4, -0.2) is 28.8 Å². The molecule has 4 rings (SSSR count). The van der Waals surface area contributed by atoms with E-state index in [0.717, 1.165) is 28.3 Å². The van der Waals surface area contributed by atoms with Gasteiger partial charge in [-0.05, 0) is 43.2 Å². The number of thioether (sulfide) groups is 1. The maximum Gasteiger partial charge on any atom is 0.286 e. The molecular formula is C19H16N2O4S2. The second kappa shape index (κ2) is 6.54. The highest BCUT2D eigenvalue weighted by molar-refractivity contribution is 8.15. The number of hydrogen-bond donors (Lipinski definition) is 1. The highest BCUT2D eigenvalue weighted by Gasteiger charge is 2.32. The van der Waals surface area contributed by atoms with Crippen molar-refractivity contribution in [2.24, 2.45) is 0 Å². The van der Waals surface area contributed by atoms with Crippen LogP contribution in [-0.2, 0) is 21.2 Å². The molecule has 27 heavy (non-hydrogen) atoms. The second-order valence-corrected chi connectivity index (χ2v) is 9.36. The molecule has 1 aromatic heterocycles. The Kier molecular flexibility index (Phi) is 4.32. The van der Waals surface area contributed by atoms with Crippen LogP contribution in [0.2, 0.25) is 0 Å². The number of benzene rings is 2. The fourth-order valence-corrected chi connectivity index (χ4v) is 5.34. The summed E-state index contributed by atoms with van der Waals surface area (Å²) in [6.45, 7) is 1.90. The van der Waals surface area contributed by atoms with Crippen molar-refractivity contribution in [3.8, 4) is 0 Å². The van der Waals surface area contributed by atoms with Crippen LogP contribution in [0.5, 0.6) is 0 Å². The number of carbonyl (C=O) groups excluding carboxylic acids is 2. The van der Waals surface area contributed by atoms with Crippen molar-refractivity contribution in [1.29, 1.82) is 0 Å². The first kappa shape index (κ1) is 17.8. The highest BCUT2D eigenvalue weighted by Crippen LogP contribution is 2.29. The highest BCUT2D eigenvalue weighted by atomic mass is 32.2. The Morgan fingerprint density at radius 3 is 2.48 bits per heavy atom. The van der Waals surface area contributed by atoms with Crippen molar-refractivity contribution in [3.63, 3.8) is 0 Å². The number of imide groups is 1. The first-order valence-corrected chi connectivity index (χ1v) is 10.6. The van der Waals surface area contributed by atoms with Gasteiger partial charge in [-0.3, -0.25) is 14.9 Å². The molecular weight excluding hydrogens is 384 g/mol. The van der Waals surface area contributed by atoms with E-state index in [1.165, 1.54) is 10.2 Å². The van der Waals surface area contributed by atoms with Crippen LogP contribution in [0.3, 0.4) is 0 Å². The van der Waals surface area contributed by atoms with E-state index in [1.54, 1.807) is 42.5 Å². The van der Waals surface area contributed by atoms with Crippen molar-refractivity contribution in [1.82, 2.24) is 9.29 Å². The average molecular weight is 400 g/mol. The van der Waals surface area contributed by atoms with E-state index >= 15 is 0 Å². The third kappa shape index (κ3) is 3.15. The molecule has 0 radical (unpaired) electrons. The van der Waals surface area contributed by atoms with Gasteiger partial charge in [-0.1, -0.05) is 41.6 Å². The van der Waals surface area contributed by atoms with Crippen LogP contribution in [0.1, 0.15) is 11.1 Å². The van der Waals surface area contributed by atoms with Crippen molar-refractivity contribution in [2.45, 2.75) is 23.5 Å². The maximum atomic E-state index is 13.0. The van der Waals surface area contributed by atoms with Gasteiger partial charge in [0, 0.05) is 11.6 Å². The fourth-order valence-electron chi connectivity index (χ4n) is 3.15. The topological polar surface area (TPSA) is 85.2 Å². The predicted octanol–water partition coefficient (Wildman–Crippen LogP) is 3.08. The van der Waals surface area contributed by atoms with Crippen LogP contribution < -0.4 is 5.32 Å². The fraction of sp³-hybridized carbons (Fsp3) is 0.158. The Labute approximate surface area is 160 Å². The van der Waals surface area contributed by atoms with Crippen LogP contribution in [0.4, 0.5) is 4.79 Å². The Bertz CT molecular complexity index is 1160. The minimum absolute atomic E-state index is 0.215. The minimum atomic E-state index is -3.72. The van der Waals surface area contributed by atoms with Crippen molar-refractivity contribution < 1.29 is 18.0 Å². The molecule has 2 heterocycles. The molecule has 2 aromatic carbocycles. The van der Waals surface area contributed by atoms with E-state index in [-0.39, 0.29) is 16.0 Å². The number of amides is 2. The lowest BCUT2D eigenvalue weighted by Gasteiger charge is -2.10. The number of nitrogens with zero attached hydrogens (tertiary/aromatic N) is 1. The van der Waals surface area contributed by atoms with Crippen molar-refractivity contribution in [3.05, 3.63) is 65.9 Å². The summed E-state index contributed by atoms with van der Waals surface area (Å²) in [5.74, 6) is -0.311. The second-order valence-electron chi connectivity index (χ2n) is 6.37. The molecule has 1 fully saturated rings. The molecule has 1 aliphatic rings. The van der Waals surface area contributed by atoms with Gasteiger partial charge < -0.3 is 0 Å². The summed E-state index contributed by atoms with van der Waals surface area (Å²) >= 11 is 0.963. The van der Waals surface area contributed by atoms with E-state index in [4.69, 9.17) is 0 Å². The summed E-state index contributed by atoms with van der Waals surface area (Å²) in [4.78, 5) is 23.4. The van der Waals surface area contributed by atoms with Gasteiger partial charge in [-0.15, -0.1) is 0 Å². The monoisotopic (exact) mass is 400 g/mol. The third-order valence-electron chi connectivity index (χ3n) is 4.54. The number of carbonyl (C=O) groups is 2. The molecule has 6 nitrogen and oxygen atoms in total. The standard InChI is InChI=1S/C19H16N2O4S2/c1-12-5-7-14(8-6-12)27(24,25)21-10-9-15-13(3-2-4-16(15)21)11-17-18(22)20-19(23)26-17/h2-10,17H,11H2,1H3,(H,20,22,23). The van der Waals surface area contributed by atoms with Crippen molar-refractivity contribution in [2.75, 3.05) is 0 Å². The Morgan fingerprint density at radius 1 is 1.07 bits per heavy atom. The summed E-state index contributed by atoms with van der Waals surface area (Å²) in [6, 6.07) is 13.8. The zero-order valence-corrected chi connectivity index (χ0v) is 16.0. The van der Waals surface area contributed by atoms with Crippen molar-refractivity contribution >= 4 is 43.8 Å². The number of hydrogen-bond acceptors (Lipinski definition) is 5. The average Bonchev–Trinajstić information content (AvgIpc) is 3.19. The number of nitrogens with one attached hydrogen (secondary N) is 1. The van der Waals surface area contributed by atoms with Gasteiger partial charge in [-0.2, -0.15) is 0 Å². The molecule has 3 aromatic rings. The number of aromatic nitrogens is 1. The zero-order chi connectivity index (χ0) is 19.2. The Balaban J connectivity index is 1.75. The van der Waals surface area contributed by atoms with Gasteiger partial charge in [-0.25, -0.2) is 12.4 Å². The predicted molar refractivity (Wildman–Crippen MR) is 104 cm³/mol. The third-order valence-corrected chi connectivity index (χ3v) is 7.22. The summed E-state index contributed by atoms with van der Waals surface area (Å²) in [5.41, 5.74) is 2.35. The first-order chi connectivity index (χ1) is 12.9. The minimum Gasteiger partial charge on any atom is -0.286 e. The van der Waals surface area contributed by atoms with E-state index < -0.39 is 15.3 Å². The molecule has 0 saturated carbocycles. The number of rotatable bonds is 4. The van der Waals surface area contributed by atoms with Crippen LogP contribution in [0, 0.1) is 6.92 Å². The molecule has 1 saturated heterocycles. The molecule has 1 N–H and O–H groups in total. The smallest absolute Gasteiger partial charge is 0.286 e. The molecule has 1 unspecified atom stereocenters. The van der Waals surface area contributed by atoms with Gasteiger partial charge in [0.2, 0.25) is 5.91 Å². The van der Waals surface area contributed by atoms with E-state index in [9.17, 15) is 18.0 Å². The maximum absolute atomic E-state index is 13.0. The van der Waals surface area contributed by atoms with Gasteiger partial charge in [0.25, 0.3) is 15.3 Å². The molecule has 2 amide bonds. The Morgan fingerprint density at radius 2 is 1.81 bits per heavy atom. The number of aryl methyl sites for hydroxylation is 1. The Hall–Kier alpha value is -2.58. The summed E-state index contributed by atoms with van der Waals surface area (Å²) in [5, 5.41) is 2.18. The van der Waals surface area contributed by atoms with Gasteiger partial charge in [0.05, 0.1) is 15.7 Å². The van der Waals surface area contributed by atoms with Crippen LogP contribution in [0.15, 0.2) is 59.6 Å². The molecule has 1 aliphatic heterocycles.